The minimum Gasteiger partial charge on any atom is -0.393 e. The lowest BCUT2D eigenvalue weighted by Crippen LogP contribution is -2.35. The Morgan fingerprint density at radius 3 is 2.60 bits per heavy atom. The van der Waals surface area contributed by atoms with Crippen LogP contribution >= 0.6 is 12.2 Å². The molecule has 4 nitrogen and oxygen atoms in total. The number of thiocarbonyl (C=S) groups is 1. The van der Waals surface area contributed by atoms with Crippen LogP contribution in [0.25, 0.3) is 0 Å². The number of hydrogen-bond acceptors (Lipinski definition) is 3. The minimum absolute atomic E-state index is 0.0124. The van der Waals surface area contributed by atoms with Crippen molar-refractivity contribution in [2.75, 3.05) is 26.3 Å². The van der Waals surface area contributed by atoms with Crippen LogP contribution in [0.1, 0.15) is 30.1 Å². The first-order valence-electron chi connectivity index (χ1n) is 6.85. The number of nitrogens with two attached hydrogens (primary N) is 1. The Morgan fingerprint density at radius 2 is 2.00 bits per heavy atom. The van der Waals surface area contributed by atoms with E-state index in [1.165, 1.54) is 0 Å². The van der Waals surface area contributed by atoms with Crippen LogP contribution in [0.4, 0.5) is 0 Å². The molecule has 0 aliphatic carbocycles. The van der Waals surface area contributed by atoms with Crippen molar-refractivity contribution >= 4 is 23.1 Å². The molecular weight excluding hydrogens is 272 g/mol. The van der Waals surface area contributed by atoms with Crippen LogP contribution in [0.2, 0.25) is 0 Å². The molecule has 1 rings (SSSR count). The number of benzene rings is 1. The first-order chi connectivity index (χ1) is 9.65. The fraction of sp³-hybridized carbons (Fsp3) is 0.467. The van der Waals surface area contributed by atoms with E-state index in [9.17, 15) is 4.79 Å². The lowest BCUT2D eigenvalue weighted by molar-refractivity contribution is 0.0730. The molecular formula is C15H22N2O2S. The van der Waals surface area contributed by atoms with Gasteiger partial charge in [-0.3, -0.25) is 4.79 Å². The summed E-state index contributed by atoms with van der Waals surface area (Å²) >= 11 is 4.89. The summed E-state index contributed by atoms with van der Waals surface area (Å²) in [4.78, 5) is 14.6. The third-order valence-corrected chi connectivity index (χ3v) is 3.06. The van der Waals surface area contributed by atoms with Gasteiger partial charge in [-0.1, -0.05) is 30.4 Å². The van der Waals surface area contributed by atoms with E-state index in [-0.39, 0.29) is 5.91 Å². The zero-order chi connectivity index (χ0) is 14.8. The van der Waals surface area contributed by atoms with Gasteiger partial charge in [0.05, 0.1) is 4.99 Å². The van der Waals surface area contributed by atoms with Gasteiger partial charge < -0.3 is 15.4 Å². The van der Waals surface area contributed by atoms with Crippen molar-refractivity contribution in [3.8, 4) is 0 Å². The Morgan fingerprint density at radius 1 is 1.30 bits per heavy atom. The van der Waals surface area contributed by atoms with E-state index >= 15 is 0 Å². The summed E-state index contributed by atoms with van der Waals surface area (Å²) in [6.45, 7) is 4.51. The standard InChI is InChI=1S/C15H22N2O2S/c1-2-19-12-6-10-17(11-9-14(16)20)15(18)13-7-4-3-5-8-13/h3-5,7-8H,2,6,9-12H2,1H3,(H2,16,20). The fourth-order valence-corrected chi connectivity index (χ4v) is 1.92. The number of amides is 1. The highest BCUT2D eigenvalue weighted by molar-refractivity contribution is 7.80. The molecule has 0 saturated carbocycles. The molecule has 5 heteroatoms. The fourth-order valence-electron chi connectivity index (χ4n) is 1.83. The Kier molecular flexibility index (Phi) is 7.84. The van der Waals surface area contributed by atoms with E-state index in [0.29, 0.717) is 43.3 Å². The van der Waals surface area contributed by atoms with E-state index in [1.54, 1.807) is 4.90 Å². The molecule has 1 aromatic rings. The zero-order valence-corrected chi connectivity index (χ0v) is 12.7. The third-order valence-electron chi connectivity index (χ3n) is 2.86. The van der Waals surface area contributed by atoms with Gasteiger partial charge in [-0.25, -0.2) is 0 Å². The summed E-state index contributed by atoms with van der Waals surface area (Å²) in [7, 11) is 0. The first kappa shape index (κ1) is 16.6. The smallest absolute Gasteiger partial charge is 0.253 e. The second-order valence-corrected chi connectivity index (χ2v) is 4.95. The topological polar surface area (TPSA) is 55.6 Å². The lowest BCUT2D eigenvalue weighted by Gasteiger charge is -2.22. The van der Waals surface area contributed by atoms with Gasteiger partial charge in [0, 0.05) is 38.3 Å². The summed E-state index contributed by atoms with van der Waals surface area (Å²) in [5, 5.41) is 0. The van der Waals surface area contributed by atoms with Crippen molar-refractivity contribution < 1.29 is 9.53 Å². The average Bonchev–Trinajstić information content (AvgIpc) is 2.46. The summed E-state index contributed by atoms with van der Waals surface area (Å²) in [6, 6.07) is 9.25. The summed E-state index contributed by atoms with van der Waals surface area (Å²) < 4.78 is 5.31. The van der Waals surface area contributed by atoms with Crippen molar-refractivity contribution in [1.82, 2.24) is 4.90 Å². The van der Waals surface area contributed by atoms with Crippen LogP contribution in [0, 0.1) is 0 Å². The molecule has 1 aromatic carbocycles. The maximum Gasteiger partial charge on any atom is 0.253 e. The van der Waals surface area contributed by atoms with Crippen molar-refractivity contribution in [3.05, 3.63) is 35.9 Å². The molecule has 0 aliphatic heterocycles. The average molecular weight is 294 g/mol. The molecule has 20 heavy (non-hydrogen) atoms. The SMILES string of the molecule is CCOCCCN(CCC(N)=S)C(=O)c1ccccc1. The van der Waals surface area contributed by atoms with E-state index in [1.807, 2.05) is 37.3 Å². The molecule has 0 radical (unpaired) electrons. The molecule has 2 N–H and O–H groups in total. The predicted molar refractivity (Wildman–Crippen MR) is 84.9 cm³/mol. The molecule has 1 amide bonds. The number of ether oxygens (including phenoxy) is 1. The molecule has 0 unspecified atom stereocenters. The Bertz CT molecular complexity index is 423. The van der Waals surface area contributed by atoms with Crippen LogP contribution in [0.3, 0.4) is 0 Å². The maximum absolute atomic E-state index is 12.4. The molecule has 0 heterocycles. The largest absolute Gasteiger partial charge is 0.393 e. The summed E-state index contributed by atoms with van der Waals surface area (Å²) in [5.41, 5.74) is 6.21. The highest BCUT2D eigenvalue weighted by atomic mass is 32.1. The van der Waals surface area contributed by atoms with Crippen LogP contribution in [0.5, 0.6) is 0 Å². The van der Waals surface area contributed by atoms with Gasteiger partial charge in [-0.05, 0) is 25.5 Å². The summed E-state index contributed by atoms with van der Waals surface area (Å²) in [6.07, 6.45) is 1.35. The highest BCUT2D eigenvalue weighted by Gasteiger charge is 2.15. The third kappa shape index (κ3) is 6.12. The van der Waals surface area contributed by atoms with E-state index in [0.717, 1.165) is 6.42 Å². The van der Waals surface area contributed by atoms with Crippen LogP contribution in [0.15, 0.2) is 30.3 Å². The Labute approximate surface area is 125 Å². The van der Waals surface area contributed by atoms with Gasteiger partial charge in [0.1, 0.15) is 0 Å². The van der Waals surface area contributed by atoms with Crippen molar-refractivity contribution in [3.63, 3.8) is 0 Å². The molecule has 0 bridgehead atoms. The first-order valence-corrected chi connectivity index (χ1v) is 7.26. The molecule has 0 saturated heterocycles. The van der Waals surface area contributed by atoms with E-state index in [2.05, 4.69) is 0 Å². The second kappa shape index (κ2) is 9.44. The quantitative estimate of drug-likeness (QED) is 0.560. The Hall–Kier alpha value is -1.46. The van der Waals surface area contributed by atoms with Crippen LogP contribution in [-0.4, -0.2) is 42.1 Å². The highest BCUT2D eigenvalue weighted by Crippen LogP contribution is 2.06. The molecule has 0 aliphatic rings. The minimum atomic E-state index is 0.0124. The van der Waals surface area contributed by atoms with Crippen LogP contribution in [-0.2, 0) is 4.74 Å². The monoisotopic (exact) mass is 294 g/mol. The molecule has 0 fully saturated rings. The molecule has 0 spiro atoms. The van der Waals surface area contributed by atoms with Gasteiger partial charge in [-0.15, -0.1) is 0 Å². The normalized spacial score (nSPS) is 10.2. The van der Waals surface area contributed by atoms with Gasteiger partial charge in [0.15, 0.2) is 0 Å². The number of carbonyl (C=O) groups is 1. The van der Waals surface area contributed by atoms with Gasteiger partial charge in [0.2, 0.25) is 0 Å². The molecule has 110 valence electrons. The molecule has 0 atom stereocenters. The zero-order valence-electron chi connectivity index (χ0n) is 11.9. The number of nitrogens with zero attached hydrogens (tertiary/aromatic N) is 1. The van der Waals surface area contributed by atoms with Crippen molar-refractivity contribution in [2.45, 2.75) is 19.8 Å². The number of rotatable bonds is 9. The maximum atomic E-state index is 12.4. The van der Waals surface area contributed by atoms with Crippen molar-refractivity contribution in [1.29, 1.82) is 0 Å². The van der Waals surface area contributed by atoms with Gasteiger partial charge in [-0.2, -0.15) is 0 Å². The number of hydrogen-bond donors (Lipinski definition) is 1. The van der Waals surface area contributed by atoms with E-state index in [4.69, 9.17) is 22.7 Å². The molecule has 0 aromatic heterocycles. The Balaban J connectivity index is 2.60. The van der Waals surface area contributed by atoms with Crippen molar-refractivity contribution in [2.24, 2.45) is 5.73 Å². The summed E-state index contributed by atoms with van der Waals surface area (Å²) in [5.74, 6) is 0.0124. The second-order valence-electron chi connectivity index (χ2n) is 4.43. The van der Waals surface area contributed by atoms with Gasteiger partial charge >= 0.3 is 0 Å². The van der Waals surface area contributed by atoms with E-state index < -0.39 is 0 Å². The predicted octanol–water partition coefficient (Wildman–Crippen LogP) is 2.23. The van der Waals surface area contributed by atoms with Gasteiger partial charge in [0.25, 0.3) is 5.91 Å². The van der Waals surface area contributed by atoms with Crippen LogP contribution < -0.4 is 5.73 Å². The lowest BCUT2D eigenvalue weighted by atomic mass is 10.2. The number of carbonyl (C=O) groups excluding carboxylic acids is 1.